The number of fused-ring (bicyclic) bond motifs is 2. The predicted molar refractivity (Wildman–Crippen MR) is 264 cm³/mol. The monoisotopic (exact) mass is 902 g/mol. The van der Waals surface area contributed by atoms with Crippen LogP contribution in [0.15, 0.2) is 120 Å². The molecule has 4 aromatic carbocycles. The topological polar surface area (TPSA) is 0 Å². The van der Waals surface area contributed by atoms with Crippen LogP contribution in [0.4, 0.5) is 0 Å². The third-order valence-corrected chi connectivity index (χ3v) is 23.9. The minimum atomic E-state index is -0.863. The smallest absolute Gasteiger partial charge is 0.0238 e. The van der Waals surface area contributed by atoms with Crippen molar-refractivity contribution >= 4 is 28.0 Å². The quantitative estimate of drug-likeness (QED) is 0.0413. The van der Waals surface area contributed by atoms with E-state index < -0.39 is 23.2 Å². The molecule has 0 nitrogen and oxygen atoms in total. The molecule has 0 radical (unpaired) electrons. The Morgan fingerprint density at radius 3 is 1.03 bits per heavy atom. The molecule has 0 heterocycles. The molecule has 0 aliphatic heterocycles. The van der Waals surface area contributed by atoms with Crippen molar-refractivity contribution in [2.75, 3.05) is 24.6 Å². The minimum Gasteiger partial charge on any atom is -0.0622 e. The van der Waals surface area contributed by atoms with Crippen molar-refractivity contribution in [2.45, 2.75) is 151 Å². The molecule has 0 bridgehead atoms. The van der Waals surface area contributed by atoms with Gasteiger partial charge < -0.3 is 0 Å². The van der Waals surface area contributed by atoms with Gasteiger partial charge in [0, 0.05) is 0 Å². The van der Waals surface area contributed by atoms with E-state index in [1.807, 2.05) is 10.6 Å². The molecule has 0 N–H and O–H groups in total. The summed E-state index contributed by atoms with van der Waals surface area (Å²) in [5.74, 6) is 0. The second-order valence-electron chi connectivity index (χ2n) is 17.1. The second-order valence-corrected chi connectivity index (χ2v) is 25.8. The standard InChI is InChI=1S/2C21H32P.C14H14.Zr/c2*1-3-5-7-11-15-22(16-12-8-6-4-2)21-17-19-13-9-10-14-20(19)18-21;1-3-7-13(8-4-1)11-12-14-9-5-2-6-10-14;/h2*9-10,13-14,17-18H,3-8,11-12,15-16H2,1-2H3;1-10H,11-12H2;. The van der Waals surface area contributed by atoms with Gasteiger partial charge in [-0.2, -0.15) is 0 Å². The van der Waals surface area contributed by atoms with E-state index in [-0.39, 0.29) is 15.8 Å². The van der Waals surface area contributed by atoms with E-state index in [0.717, 1.165) is 20.1 Å². The number of aryl methyl sites for hydroxylation is 2. The fraction of sp³-hybridized carbons (Fsp3) is 0.500. The van der Waals surface area contributed by atoms with E-state index in [9.17, 15) is 0 Å². The molecule has 2 unspecified atom stereocenters. The van der Waals surface area contributed by atoms with E-state index in [0.29, 0.717) is 0 Å². The maximum Gasteiger partial charge on any atom is -0.0238 e. The van der Waals surface area contributed by atoms with Gasteiger partial charge in [0.2, 0.25) is 0 Å². The van der Waals surface area contributed by atoms with E-state index in [1.165, 1.54) is 139 Å². The molecule has 2 aliphatic carbocycles. The molecule has 59 heavy (non-hydrogen) atoms. The van der Waals surface area contributed by atoms with Crippen LogP contribution < -0.4 is 0 Å². The Balaban J connectivity index is 0.000000395. The number of allylic oxidation sites excluding steroid dienone is 2. The molecule has 2 aliphatic rings. The van der Waals surface area contributed by atoms with Crippen molar-refractivity contribution in [3.63, 3.8) is 0 Å². The first kappa shape index (κ1) is 48.1. The zero-order valence-corrected chi connectivity index (χ0v) is 41.9. The Kier molecular flexibility index (Phi) is 23.4. The van der Waals surface area contributed by atoms with Crippen LogP contribution in [0.25, 0.3) is 12.2 Å². The van der Waals surface area contributed by atoms with E-state index in [1.54, 1.807) is 22.3 Å². The van der Waals surface area contributed by atoms with Gasteiger partial charge in [-0.1, -0.05) is 60.7 Å². The average Bonchev–Trinajstić information content (AvgIpc) is 3.84. The molecule has 0 spiro atoms. The van der Waals surface area contributed by atoms with Crippen molar-refractivity contribution in [2.24, 2.45) is 0 Å². The van der Waals surface area contributed by atoms with Crippen LogP contribution in [0, 0.1) is 0 Å². The van der Waals surface area contributed by atoms with Gasteiger partial charge in [-0.25, -0.2) is 0 Å². The Bertz CT molecular complexity index is 1620. The maximum absolute atomic E-state index is 2.74. The summed E-state index contributed by atoms with van der Waals surface area (Å²) in [7, 11) is -0.0713. The summed E-state index contributed by atoms with van der Waals surface area (Å²) in [6, 6.07) is 40.5. The summed E-state index contributed by atoms with van der Waals surface area (Å²) in [5.41, 5.74) is 9.41. The summed E-state index contributed by atoms with van der Waals surface area (Å²) >= 11 is -0.863. The van der Waals surface area contributed by atoms with Crippen LogP contribution in [0.5, 0.6) is 0 Å². The van der Waals surface area contributed by atoms with Gasteiger partial charge in [-0.05, 0) is 24.0 Å². The molecular weight excluding hydrogens is 826 g/mol. The Morgan fingerprint density at radius 2 is 0.695 bits per heavy atom. The van der Waals surface area contributed by atoms with Gasteiger partial charge in [0.25, 0.3) is 0 Å². The van der Waals surface area contributed by atoms with Gasteiger partial charge in [0.1, 0.15) is 0 Å². The van der Waals surface area contributed by atoms with Gasteiger partial charge in [0.15, 0.2) is 0 Å². The van der Waals surface area contributed by atoms with Gasteiger partial charge in [-0.3, -0.25) is 0 Å². The Labute approximate surface area is 377 Å². The largest absolute Gasteiger partial charge is 0.0622 e. The molecule has 4 aromatic rings. The molecular formula is C56H78P2Zr. The summed E-state index contributed by atoms with van der Waals surface area (Å²) < 4.78 is 1.54. The number of hydrogen-bond donors (Lipinski definition) is 0. The van der Waals surface area contributed by atoms with Gasteiger partial charge in [0.05, 0.1) is 0 Å². The van der Waals surface area contributed by atoms with Crippen LogP contribution >= 0.6 is 15.8 Å². The summed E-state index contributed by atoms with van der Waals surface area (Å²) in [5, 5.41) is 3.87. The maximum atomic E-state index is 2.74. The molecule has 0 amide bonds. The van der Waals surface area contributed by atoms with Gasteiger partial charge >= 0.3 is 295 Å². The normalized spacial score (nSPS) is 15.4. The zero-order valence-electron chi connectivity index (χ0n) is 37.7. The third kappa shape index (κ3) is 16.1. The predicted octanol–water partition coefficient (Wildman–Crippen LogP) is 18.0. The van der Waals surface area contributed by atoms with Crippen LogP contribution in [0.3, 0.4) is 0 Å². The number of unbranched alkanes of at least 4 members (excludes halogenated alkanes) is 12. The van der Waals surface area contributed by atoms with Crippen LogP contribution in [-0.4, -0.2) is 24.6 Å². The van der Waals surface area contributed by atoms with Crippen LogP contribution in [-0.2, 0) is 36.1 Å². The minimum absolute atomic E-state index is 0.0357. The Morgan fingerprint density at radius 1 is 0.373 bits per heavy atom. The van der Waals surface area contributed by atoms with Crippen molar-refractivity contribution in [1.82, 2.24) is 0 Å². The van der Waals surface area contributed by atoms with Crippen LogP contribution in [0.1, 0.15) is 171 Å². The van der Waals surface area contributed by atoms with E-state index >= 15 is 0 Å². The first-order chi connectivity index (χ1) is 29.2. The summed E-state index contributed by atoms with van der Waals surface area (Å²) in [6.07, 6.45) is 36.1. The molecule has 0 saturated carbocycles. The first-order valence-electron chi connectivity index (χ1n) is 24.1. The second kappa shape index (κ2) is 28.7. The number of benzene rings is 4. The number of rotatable bonds is 27. The third-order valence-electron chi connectivity index (χ3n) is 12.4. The van der Waals surface area contributed by atoms with Crippen molar-refractivity contribution in [3.8, 4) is 0 Å². The fourth-order valence-electron chi connectivity index (χ4n) is 8.91. The van der Waals surface area contributed by atoms with Gasteiger partial charge in [-0.15, -0.1) is 0 Å². The molecule has 0 fully saturated rings. The SMILES string of the molecule is CCCCCCP(CCCCCC)C1=Cc2ccccc2[CH]1[Zr][CH]1C(P(CCCCCC)CCCCCC)=Cc2ccccc21.c1ccc(CCc2ccccc2)cc1. The molecule has 2 atom stereocenters. The zero-order chi connectivity index (χ0) is 41.3. The molecule has 3 heteroatoms. The average molecular weight is 904 g/mol. The Hall–Kier alpha value is -1.90. The van der Waals surface area contributed by atoms with E-state index in [4.69, 9.17) is 0 Å². The first-order valence-corrected chi connectivity index (χ1v) is 30.4. The van der Waals surface area contributed by atoms with Crippen molar-refractivity contribution in [3.05, 3.63) is 153 Å². The molecule has 316 valence electrons. The van der Waals surface area contributed by atoms with Crippen molar-refractivity contribution in [1.29, 1.82) is 0 Å². The van der Waals surface area contributed by atoms with Crippen LogP contribution in [0.2, 0.25) is 0 Å². The fourth-order valence-corrected chi connectivity index (χ4v) is 22.3. The van der Waals surface area contributed by atoms with Crippen molar-refractivity contribution < 1.29 is 23.2 Å². The summed E-state index contributed by atoms with van der Waals surface area (Å²) in [6.45, 7) is 9.44. The molecule has 0 saturated heterocycles. The molecule has 6 rings (SSSR count). The molecule has 0 aromatic heterocycles. The van der Waals surface area contributed by atoms with E-state index in [2.05, 4.69) is 149 Å². The summed E-state index contributed by atoms with van der Waals surface area (Å²) in [4.78, 5) is 0. The number of hydrogen-bond acceptors (Lipinski definition) is 0.